The minimum atomic E-state index is -3.77. The molecule has 4 nitrogen and oxygen atoms in total. The van der Waals surface area contributed by atoms with Crippen molar-refractivity contribution in [2.75, 3.05) is 16.6 Å². The third-order valence-electron chi connectivity index (χ3n) is 2.72. The Balaban J connectivity index is 2.25. The van der Waals surface area contributed by atoms with Gasteiger partial charge in [0.15, 0.2) is 0 Å². The van der Waals surface area contributed by atoms with Crippen LogP contribution < -0.4 is 10.0 Å². The van der Waals surface area contributed by atoms with Crippen molar-refractivity contribution in [3.63, 3.8) is 0 Å². The van der Waals surface area contributed by atoms with Crippen LogP contribution in [0.15, 0.2) is 47.4 Å². The van der Waals surface area contributed by atoms with Crippen LogP contribution in [0, 0.1) is 5.82 Å². The molecule has 2 N–H and O–H groups in total. The van der Waals surface area contributed by atoms with Gasteiger partial charge < -0.3 is 5.32 Å². The molecule has 0 saturated carbocycles. The normalized spacial score (nSPS) is 11.2. The van der Waals surface area contributed by atoms with Crippen molar-refractivity contribution in [1.82, 2.24) is 0 Å². The van der Waals surface area contributed by atoms with Gasteiger partial charge in [-0.3, -0.25) is 4.72 Å². The van der Waals surface area contributed by atoms with Crippen LogP contribution in [0.4, 0.5) is 15.8 Å². The molecule has 0 radical (unpaired) electrons. The molecule has 2 rings (SSSR count). The first-order valence-electron chi connectivity index (χ1n) is 6.24. The number of hydrogen-bond donors (Lipinski definition) is 2. The number of sulfonamides is 1. The van der Waals surface area contributed by atoms with E-state index in [2.05, 4.69) is 10.0 Å². The summed E-state index contributed by atoms with van der Waals surface area (Å²) in [4.78, 5) is 0.101. The predicted octanol–water partition coefficient (Wildman–Crippen LogP) is 3.71. The summed E-state index contributed by atoms with van der Waals surface area (Å²) in [6.07, 6.45) is 0. The van der Waals surface area contributed by atoms with Crippen LogP contribution in [0.5, 0.6) is 0 Å². The lowest BCUT2D eigenvalue weighted by molar-refractivity contribution is 0.601. The molecule has 0 saturated heterocycles. The summed E-state index contributed by atoms with van der Waals surface area (Å²) in [5, 5.41) is 3.08. The minimum absolute atomic E-state index is 0.00263. The van der Waals surface area contributed by atoms with E-state index < -0.39 is 15.8 Å². The van der Waals surface area contributed by atoms with E-state index >= 15 is 0 Å². The molecule has 21 heavy (non-hydrogen) atoms. The minimum Gasteiger partial charge on any atom is -0.385 e. The number of benzene rings is 2. The quantitative estimate of drug-likeness (QED) is 0.879. The van der Waals surface area contributed by atoms with Crippen LogP contribution in [-0.2, 0) is 10.0 Å². The zero-order valence-electron chi connectivity index (χ0n) is 11.2. The summed E-state index contributed by atoms with van der Waals surface area (Å²) in [5.41, 5.74) is 0.963. The van der Waals surface area contributed by atoms with Gasteiger partial charge in [-0.2, -0.15) is 0 Å². The number of hydrogen-bond acceptors (Lipinski definition) is 3. The van der Waals surface area contributed by atoms with Gasteiger partial charge in [0, 0.05) is 12.2 Å². The monoisotopic (exact) mass is 328 g/mol. The van der Waals surface area contributed by atoms with Gasteiger partial charge >= 0.3 is 0 Å². The van der Waals surface area contributed by atoms with Crippen molar-refractivity contribution in [2.24, 2.45) is 0 Å². The third-order valence-corrected chi connectivity index (χ3v) is 4.42. The molecule has 0 spiro atoms. The largest absolute Gasteiger partial charge is 0.385 e. The van der Waals surface area contributed by atoms with Gasteiger partial charge in [0.25, 0.3) is 10.0 Å². The van der Waals surface area contributed by atoms with Crippen LogP contribution in [0.1, 0.15) is 6.92 Å². The fourth-order valence-corrected chi connectivity index (χ4v) is 3.08. The summed E-state index contributed by atoms with van der Waals surface area (Å²) in [6.45, 7) is 2.69. The van der Waals surface area contributed by atoms with Crippen molar-refractivity contribution < 1.29 is 12.8 Å². The number of halogens is 2. The van der Waals surface area contributed by atoms with Gasteiger partial charge in [-0.05, 0) is 49.4 Å². The van der Waals surface area contributed by atoms with E-state index in [9.17, 15) is 12.8 Å². The number of rotatable bonds is 5. The van der Waals surface area contributed by atoms with Crippen LogP contribution in [0.3, 0.4) is 0 Å². The van der Waals surface area contributed by atoms with Crippen molar-refractivity contribution in [1.29, 1.82) is 0 Å². The van der Waals surface area contributed by atoms with Gasteiger partial charge in [0.05, 0.1) is 15.6 Å². The van der Waals surface area contributed by atoms with Crippen LogP contribution in [-0.4, -0.2) is 15.0 Å². The Bertz CT molecular complexity index is 733. The molecular formula is C14H14ClFN2O2S. The second kappa shape index (κ2) is 6.32. The smallest absolute Gasteiger partial charge is 0.261 e. The first-order chi connectivity index (χ1) is 9.92. The molecule has 0 aliphatic carbocycles. The molecule has 0 aromatic heterocycles. The van der Waals surface area contributed by atoms with Crippen LogP contribution in [0.2, 0.25) is 5.02 Å². The number of nitrogens with one attached hydrogen (secondary N) is 2. The lowest BCUT2D eigenvalue weighted by Gasteiger charge is -2.10. The van der Waals surface area contributed by atoms with Gasteiger partial charge in [0.1, 0.15) is 5.82 Å². The van der Waals surface area contributed by atoms with Gasteiger partial charge in [0.2, 0.25) is 0 Å². The van der Waals surface area contributed by atoms with Crippen molar-refractivity contribution in [3.8, 4) is 0 Å². The van der Waals surface area contributed by atoms with E-state index in [0.717, 1.165) is 24.4 Å². The third kappa shape index (κ3) is 3.86. The molecule has 0 unspecified atom stereocenters. The summed E-state index contributed by atoms with van der Waals surface area (Å²) in [5.74, 6) is -0.530. The SMILES string of the molecule is CCNc1ccc(S(=O)(=O)Nc2ccc(F)cc2Cl)cc1. The highest BCUT2D eigenvalue weighted by molar-refractivity contribution is 7.92. The number of anilines is 2. The summed E-state index contributed by atoms with van der Waals surface area (Å²) in [7, 11) is -3.77. The Hall–Kier alpha value is -1.79. The standard InChI is InChI=1S/C14H14ClFN2O2S/c1-2-17-11-4-6-12(7-5-11)21(19,20)18-14-8-3-10(16)9-13(14)15/h3-9,17-18H,2H2,1H3. The van der Waals surface area contributed by atoms with E-state index in [0.29, 0.717) is 0 Å². The first-order valence-corrected chi connectivity index (χ1v) is 8.10. The summed E-state index contributed by atoms with van der Waals surface area (Å²) < 4.78 is 39.7. The Labute approximate surface area is 128 Å². The van der Waals surface area contributed by atoms with Gasteiger partial charge in [-0.15, -0.1) is 0 Å². The van der Waals surface area contributed by atoms with Crippen molar-refractivity contribution in [2.45, 2.75) is 11.8 Å². The molecule has 2 aromatic rings. The average molecular weight is 329 g/mol. The molecular weight excluding hydrogens is 315 g/mol. The second-order valence-corrected chi connectivity index (χ2v) is 6.37. The maximum Gasteiger partial charge on any atom is 0.261 e. The lowest BCUT2D eigenvalue weighted by Crippen LogP contribution is -2.13. The van der Waals surface area contributed by atoms with Crippen LogP contribution >= 0.6 is 11.6 Å². The maximum absolute atomic E-state index is 13.0. The molecule has 112 valence electrons. The van der Waals surface area contributed by atoms with E-state index in [4.69, 9.17) is 11.6 Å². The molecule has 0 bridgehead atoms. The van der Waals surface area contributed by atoms with E-state index in [1.165, 1.54) is 18.2 Å². The Kier molecular flexibility index (Phi) is 4.69. The van der Waals surface area contributed by atoms with Gasteiger partial charge in [-0.25, -0.2) is 12.8 Å². The topological polar surface area (TPSA) is 58.2 Å². The zero-order chi connectivity index (χ0) is 15.5. The molecule has 0 atom stereocenters. The molecule has 0 heterocycles. The Morgan fingerprint density at radius 3 is 2.38 bits per heavy atom. The Morgan fingerprint density at radius 1 is 1.14 bits per heavy atom. The Morgan fingerprint density at radius 2 is 1.81 bits per heavy atom. The summed E-state index contributed by atoms with van der Waals surface area (Å²) in [6, 6.07) is 9.78. The van der Waals surface area contributed by atoms with Gasteiger partial charge in [-0.1, -0.05) is 11.6 Å². The average Bonchev–Trinajstić information content (AvgIpc) is 2.43. The first kappa shape index (κ1) is 15.6. The highest BCUT2D eigenvalue weighted by Gasteiger charge is 2.15. The highest BCUT2D eigenvalue weighted by Crippen LogP contribution is 2.25. The fraction of sp³-hybridized carbons (Fsp3) is 0.143. The molecule has 2 aromatic carbocycles. The molecule has 0 aliphatic rings. The van der Waals surface area contributed by atoms with Crippen molar-refractivity contribution >= 4 is 33.0 Å². The predicted molar refractivity (Wildman–Crippen MR) is 82.8 cm³/mol. The fourth-order valence-electron chi connectivity index (χ4n) is 1.73. The van der Waals surface area contributed by atoms with E-state index in [-0.39, 0.29) is 15.6 Å². The van der Waals surface area contributed by atoms with Crippen molar-refractivity contribution in [3.05, 3.63) is 53.3 Å². The maximum atomic E-state index is 13.0. The molecule has 0 aliphatic heterocycles. The van der Waals surface area contributed by atoms with E-state index in [1.807, 2.05) is 6.92 Å². The molecule has 0 fully saturated rings. The summed E-state index contributed by atoms with van der Waals surface area (Å²) >= 11 is 5.81. The highest BCUT2D eigenvalue weighted by atomic mass is 35.5. The molecule has 7 heteroatoms. The molecule has 0 amide bonds. The van der Waals surface area contributed by atoms with Crippen LogP contribution in [0.25, 0.3) is 0 Å². The van der Waals surface area contributed by atoms with E-state index in [1.54, 1.807) is 12.1 Å². The zero-order valence-corrected chi connectivity index (χ0v) is 12.8. The lowest BCUT2D eigenvalue weighted by atomic mass is 10.3. The second-order valence-electron chi connectivity index (χ2n) is 4.28.